The van der Waals surface area contributed by atoms with E-state index in [0.29, 0.717) is 13.0 Å². The van der Waals surface area contributed by atoms with Crippen LogP contribution in [0.1, 0.15) is 31.5 Å². The van der Waals surface area contributed by atoms with Crippen LogP contribution < -0.4 is 5.32 Å². The molecule has 0 bridgehead atoms. The fourth-order valence-corrected chi connectivity index (χ4v) is 3.89. The molecule has 0 saturated carbocycles. The Hall–Kier alpha value is -0.950. The van der Waals surface area contributed by atoms with Gasteiger partial charge in [0.25, 0.3) is 0 Å². The zero-order valence-corrected chi connectivity index (χ0v) is 11.9. The quantitative estimate of drug-likeness (QED) is 0.844. The van der Waals surface area contributed by atoms with Crippen molar-refractivity contribution < 1.29 is 8.42 Å². The Labute approximate surface area is 108 Å². The summed E-state index contributed by atoms with van der Waals surface area (Å²) in [5, 5.41) is 11.5. The van der Waals surface area contributed by atoms with Crippen LogP contribution >= 0.6 is 0 Å². The molecule has 1 atom stereocenters. The lowest BCUT2D eigenvalue weighted by molar-refractivity contribution is 0.484. The molecule has 0 aliphatic carbocycles. The highest BCUT2D eigenvalue weighted by Gasteiger charge is 2.26. The standard InChI is InChI=1S/C11H20N4O2S/c1-8(2)15-9(3)13-14-11(15)6-10-7-18(16,17)5-4-12-10/h8,10,12H,4-7H2,1-3H3. The van der Waals surface area contributed by atoms with Crippen molar-refractivity contribution in [3.8, 4) is 0 Å². The second kappa shape index (κ2) is 4.97. The molecule has 1 unspecified atom stereocenters. The summed E-state index contributed by atoms with van der Waals surface area (Å²) in [7, 11) is -2.90. The molecule has 2 rings (SSSR count). The molecule has 1 aromatic rings. The first-order valence-corrected chi connectivity index (χ1v) is 8.05. The van der Waals surface area contributed by atoms with E-state index in [-0.39, 0.29) is 23.6 Å². The van der Waals surface area contributed by atoms with E-state index in [0.717, 1.165) is 11.6 Å². The molecule has 1 aliphatic rings. The Kier molecular flexibility index (Phi) is 3.72. The SMILES string of the molecule is Cc1nnc(CC2CS(=O)(=O)CCN2)n1C(C)C. The summed E-state index contributed by atoms with van der Waals surface area (Å²) < 4.78 is 25.2. The van der Waals surface area contributed by atoms with E-state index in [2.05, 4.69) is 33.9 Å². The molecule has 0 amide bonds. The number of nitrogens with one attached hydrogen (secondary N) is 1. The molecule has 6 nitrogen and oxygen atoms in total. The summed E-state index contributed by atoms with van der Waals surface area (Å²) in [4.78, 5) is 0. The van der Waals surface area contributed by atoms with Crippen LogP contribution in [0, 0.1) is 6.92 Å². The normalized spacial score (nSPS) is 23.4. The van der Waals surface area contributed by atoms with E-state index in [9.17, 15) is 8.42 Å². The zero-order chi connectivity index (χ0) is 13.3. The van der Waals surface area contributed by atoms with Gasteiger partial charge in [-0.2, -0.15) is 0 Å². The van der Waals surface area contributed by atoms with Gasteiger partial charge in [-0.15, -0.1) is 10.2 Å². The Morgan fingerprint density at radius 3 is 2.78 bits per heavy atom. The fraction of sp³-hybridized carbons (Fsp3) is 0.818. The first kappa shape index (κ1) is 13.5. The van der Waals surface area contributed by atoms with Crippen LogP contribution in [0.25, 0.3) is 0 Å². The van der Waals surface area contributed by atoms with Gasteiger partial charge in [-0.05, 0) is 20.8 Å². The molecule has 7 heteroatoms. The number of rotatable bonds is 3. The van der Waals surface area contributed by atoms with Crippen molar-refractivity contribution in [2.45, 2.75) is 39.3 Å². The van der Waals surface area contributed by atoms with Gasteiger partial charge < -0.3 is 9.88 Å². The molecule has 0 aromatic carbocycles. The van der Waals surface area contributed by atoms with Crippen molar-refractivity contribution >= 4 is 9.84 Å². The topological polar surface area (TPSA) is 76.9 Å². The molecule has 0 spiro atoms. The van der Waals surface area contributed by atoms with E-state index in [1.54, 1.807) is 0 Å². The summed E-state index contributed by atoms with van der Waals surface area (Å²) in [5.41, 5.74) is 0. The molecule has 1 aliphatic heterocycles. The molecule has 1 N–H and O–H groups in total. The summed E-state index contributed by atoms with van der Waals surface area (Å²) >= 11 is 0. The van der Waals surface area contributed by atoms with Gasteiger partial charge >= 0.3 is 0 Å². The molecule has 1 saturated heterocycles. The molecule has 1 aromatic heterocycles. The van der Waals surface area contributed by atoms with Gasteiger partial charge in [0.05, 0.1) is 11.5 Å². The Morgan fingerprint density at radius 2 is 2.17 bits per heavy atom. The van der Waals surface area contributed by atoms with E-state index in [1.807, 2.05) is 6.92 Å². The molecular weight excluding hydrogens is 252 g/mol. The molecule has 0 radical (unpaired) electrons. The summed E-state index contributed by atoms with van der Waals surface area (Å²) in [6.07, 6.45) is 0.609. The molecule has 102 valence electrons. The number of sulfone groups is 1. The smallest absolute Gasteiger partial charge is 0.153 e. The van der Waals surface area contributed by atoms with E-state index < -0.39 is 9.84 Å². The van der Waals surface area contributed by atoms with Crippen molar-refractivity contribution in [2.24, 2.45) is 0 Å². The maximum absolute atomic E-state index is 11.6. The van der Waals surface area contributed by atoms with Gasteiger partial charge in [-0.1, -0.05) is 0 Å². The lowest BCUT2D eigenvalue weighted by Gasteiger charge is -2.24. The number of hydrogen-bond acceptors (Lipinski definition) is 5. The van der Waals surface area contributed by atoms with Crippen LogP contribution in [0.2, 0.25) is 0 Å². The monoisotopic (exact) mass is 272 g/mol. The minimum Gasteiger partial charge on any atom is -0.313 e. The lowest BCUT2D eigenvalue weighted by atomic mass is 10.2. The number of hydrogen-bond donors (Lipinski definition) is 1. The van der Waals surface area contributed by atoms with Crippen molar-refractivity contribution in [1.82, 2.24) is 20.1 Å². The highest BCUT2D eigenvalue weighted by Crippen LogP contribution is 2.14. The number of nitrogens with zero attached hydrogens (tertiary/aromatic N) is 3. The minimum atomic E-state index is -2.90. The van der Waals surface area contributed by atoms with Crippen LogP contribution in [-0.2, 0) is 16.3 Å². The van der Waals surface area contributed by atoms with E-state index in [4.69, 9.17) is 0 Å². The molecular formula is C11H20N4O2S. The minimum absolute atomic E-state index is 0.0511. The van der Waals surface area contributed by atoms with Crippen LogP contribution in [0.4, 0.5) is 0 Å². The lowest BCUT2D eigenvalue weighted by Crippen LogP contribution is -2.46. The highest BCUT2D eigenvalue weighted by molar-refractivity contribution is 7.91. The summed E-state index contributed by atoms with van der Waals surface area (Å²) in [6.45, 7) is 6.60. The van der Waals surface area contributed by atoms with Crippen molar-refractivity contribution in [2.75, 3.05) is 18.1 Å². The second-order valence-corrected chi connectivity index (χ2v) is 7.33. The summed E-state index contributed by atoms with van der Waals surface area (Å²) in [5.74, 6) is 2.16. The average Bonchev–Trinajstić information content (AvgIpc) is 2.58. The molecule has 1 fully saturated rings. The first-order valence-electron chi connectivity index (χ1n) is 6.23. The summed E-state index contributed by atoms with van der Waals surface area (Å²) in [6, 6.07) is 0.236. The Morgan fingerprint density at radius 1 is 1.44 bits per heavy atom. The van der Waals surface area contributed by atoms with Crippen LogP contribution in [0.15, 0.2) is 0 Å². The zero-order valence-electron chi connectivity index (χ0n) is 11.0. The molecule has 18 heavy (non-hydrogen) atoms. The third-order valence-corrected chi connectivity index (χ3v) is 4.92. The number of aryl methyl sites for hydroxylation is 1. The van der Waals surface area contributed by atoms with Crippen LogP contribution in [0.3, 0.4) is 0 Å². The van der Waals surface area contributed by atoms with Gasteiger partial charge in [0.15, 0.2) is 9.84 Å². The van der Waals surface area contributed by atoms with E-state index >= 15 is 0 Å². The highest BCUT2D eigenvalue weighted by atomic mass is 32.2. The van der Waals surface area contributed by atoms with Gasteiger partial charge in [0, 0.05) is 25.0 Å². The fourth-order valence-electron chi connectivity index (χ4n) is 2.44. The predicted molar refractivity (Wildman–Crippen MR) is 69.3 cm³/mol. The van der Waals surface area contributed by atoms with Crippen LogP contribution in [0.5, 0.6) is 0 Å². The Balaban J connectivity index is 2.15. The van der Waals surface area contributed by atoms with Gasteiger partial charge in [0.2, 0.25) is 0 Å². The van der Waals surface area contributed by atoms with Crippen molar-refractivity contribution in [3.63, 3.8) is 0 Å². The third kappa shape index (κ3) is 2.89. The second-order valence-electron chi connectivity index (χ2n) is 5.10. The van der Waals surface area contributed by atoms with Gasteiger partial charge in [-0.25, -0.2) is 8.42 Å². The van der Waals surface area contributed by atoms with Gasteiger partial charge in [0.1, 0.15) is 11.6 Å². The van der Waals surface area contributed by atoms with Crippen molar-refractivity contribution in [3.05, 3.63) is 11.6 Å². The van der Waals surface area contributed by atoms with Gasteiger partial charge in [-0.3, -0.25) is 0 Å². The molecule has 2 heterocycles. The third-order valence-electron chi connectivity index (χ3n) is 3.18. The van der Waals surface area contributed by atoms with Crippen molar-refractivity contribution in [1.29, 1.82) is 0 Å². The van der Waals surface area contributed by atoms with Crippen LogP contribution in [-0.4, -0.2) is 47.3 Å². The largest absolute Gasteiger partial charge is 0.313 e. The number of aromatic nitrogens is 3. The van der Waals surface area contributed by atoms with E-state index in [1.165, 1.54) is 0 Å². The maximum atomic E-state index is 11.6. The maximum Gasteiger partial charge on any atom is 0.153 e. The first-order chi connectivity index (χ1) is 8.39. The predicted octanol–water partition coefficient (Wildman–Crippen LogP) is 0.0965. The Bertz CT molecular complexity index is 521. The average molecular weight is 272 g/mol.